The largest absolute Gasteiger partial charge is 0.385 e. The second kappa shape index (κ2) is 5.89. The van der Waals surface area contributed by atoms with Crippen LogP contribution in [0.4, 0.5) is 5.69 Å². The number of nitrogens with one attached hydrogen (secondary N) is 2. The lowest BCUT2D eigenvalue weighted by Gasteiger charge is -2.21. The Morgan fingerprint density at radius 3 is 3.06 bits per heavy atom. The van der Waals surface area contributed by atoms with Crippen LogP contribution in [-0.2, 0) is 17.8 Å². The van der Waals surface area contributed by atoms with Crippen molar-refractivity contribution in [3.8, 4) is 0 Å². The molecule has 0 bridgehead atoms. The molecule has 0 aliphatic carbocycles. The van der Waals surface area contributed by atoms with E-state index in [1.54, 1.807) is 0 Å². The number of anilines is 1. The van der Waals surface area contributed by atoms with Gasteiger partial charge in [0.2, 0.25) is 5.91 Å². The lowest BCUT2D eigenvalue weighted by Crippen LogP contribution is -2.25. The van der Waals surface area contributed by atoms with Gasteiger partial charge >= 0.3 is 0 Å². The summed E-state index contributed by atoms with van der Waals surface area (Å²) in [6.45, 7) is 5.78. The first-order valence-corrected chi connectivity index (χ1v) is 6.78. The Labute approximate surface area is 109 Å². The fourth-order valence-electron chi connectivity index (χ4n) is 2.37. The predicted octanol–water partition coefficient (Wildman–Crippen LogP) is 2.71. The minimum absolute atomic E-state index is 0.137. The van der Waals surface area contributed by atoms with Gasteiger partial charge in [0.25, 0.3) is 0 Å². The summed E-state index contributed by atoms with van der Waals surface area (Å²) in [5.74, 6) is 0.547. The van der Waals surface area contributed by atoms with Gasteiger partial charge in [-0.2, -0.15) is 0 Å². The van der Waals surface area contributed by atoms with Gasteiger partial charge in [0.15, 0.2) is 0 Å². The van der Waals surface area contributed by atoms with Crippen LogP contribution in [0.5, 0.6) is 0 Å². The van der Waals surface area contributed by atoms with Gasteiger partial charge in [-0.1, -0.05) is 32.0 Å². The summed E-state index contributed by atoms with van der Waals surface area (Å²) >= 11 is 0. The average Bonchev–Trinajstić information content (AvgIpc) is 2.35. The monoisotopic (exact) mass is 246 g/mol. The number of amides is 1. The molecular weight excluding hydrogens is 224 g/mol. The number of carbonyl (C=O) groups is 1. The highest BCUT2D eigenvalue weighted by Gasteiger charge is 2.12. The van der Waals surface area contributed by atoms with Crippen LogP contribution in [0, 0.1) is 5.92 Å². The fraction of sp³-hybridized carbons (Fsp3) is 0.533. The van der Waals surface area contributed by atoms with E-state index in [2.05, 4.69) is 42.7 Å². The van der Waals surface area contributed by atoms with E-state index >= 15 is 0 Å². The van der Waals surface area contributed by atoms with E-state index in [1.807, 2.05) is 0 Å². The van der Waals surface area contributed by atoms with Gasteiger partial charge in [-0.25, -0.2) is 0 Å². The van der Waals surface area contributed by atoms with Gasteiger partial charge in [0, 0.05) is 25.2 Å². The fourth-order valence-corrected chi connectivity index (χ4v) is 2.37. The molecular formula is C15H22N2O. The standard InChI is InChI=1S/C15H22N2O/c1-11(2)9-14(18)17-10-13-6-3-5-12-7-4-8-16-15(12)13/h3,5-6,11,16H,4,7-10H2,1-2H3,(H,17,18). The molecule has 0 saturated carbocycles. The number of para-hydroxylation sites is 1. The molecule has 0 fully saturated rings. The van der Waals surface area contributed by atoms with Crippen molar-refractivity contribution in [2.75, 3.05) is 11.9 Å². The molecule has 0 radical (unpaired) electrons. The second-order valence-electron chi connectivity index (χ2n) is 5.36. The van der Waals surface area contributed by atoms with Crippen molar-refractivity contribution in [1.82, 2.24) is 5.32 Å². The molecule has 0 spiro atoms. The number of hydrogen-bond acceptors (Lipinski definition) is 2. The molecule has 1 amide bonds. The number of benzene rings is 1. The van der Waals surface area contributed by atoms with Crippen LogP contribution in [0.1, 0.15) is 37.8 Å². The van der Waals surface area contributed by atoms with Gasteiger partial charge < -0.3 is 10.6 Å². The zero-order valence-corrected chi connectivity index (χ0v) is 11.3. The number of rotatable bonds is 4. The van der Waals surface area contributed by atoms with E-state index in [-0.39, 0.29) is 5.91 Å². The minimum Gasteiger partial charge on any atom is -0.385 e. The third-order valence-corrected chi connectivity index (χ3v) is 3.23. The number of fused-ring (bicyclic) bond motifs is 1. The predicted molar refractivity (Wildman–Crippen MR) is 74.6 cm³/mol. The molecule has 1 aliphatic rings. The van der Waals surface area contributed by atoms with Crippen molar-refractivity contribution >= 4 is 11.6 Å². The maximum absolute atomic E-state index is 11.7. The van der Waals surface area contributed by atoms with E-state index in [0.717, 1.165) is 13.0 Å². The number of aryl methyl sites for hydroxylation is 1. The summed E-state index contributed by atoms with van der Waals surface area (Å²) in [4.78, 5) is 11.7. The third kappa shape index (κ3) is 3.25. The average molecular weight is 246 g/mol. The zero-order chi connectivity index (χ0) is 13.0. The van der Waals surface area contributed by atoms with Crippen LogP contribution in [0.3, 0.4) is 0 Å². The summed E-state index contributed by atoms with van der Waals surface area (Å²) in [5, 5.41) is 6.45. The Morgan fingerprint density at radius 1 is 1.44 bits per heavy atom. The molecule has 1 heterocycles. The van der Waals surface area contributed by atoms with Gasteiger partial charge in [-0.05, 0) is 29.9 Å². The molecule has 2 rings (SSSR count). The Kier molecular flexibility index (Phi) is 4.24. The SMILES string of the molecule is CC(C)CC(=O)NCc1cccc2c1NCCC2. The van der Waals surface area contributed by atoms with Crippen molar-refractivity contribution in [2.24, 2.45) is 5.92 Å². The number of carbonyl (C=O) groups excluding carboxylic acids is 1. The third-order valence-electron chi connectivity index (χ3n) is 3.23. The summed E-state index contributed by atoms with van der Waals surface area (Å²) in [7, 11) is 0. The Bertz CT molecular complexity index is 427. The van der Waals surface area contributed by atoms with Crippen LogP contribution in [0.25, 0.3) is 0 Å². The smallest absolute Gasteiger partial charge is 0.220 e. The highest BCUT2D eigenvalue weighted by molar-refractivity contribution is 5.76. The highest BCUT2D eigenvalue weighted by atomic mass is 16.1. The summed E-state index contributed by atoms with van der Waals surface area (Å²) in [6, 6.07) is 6.34. The quantitative estimate of drug-likeness (QED) is 0.857. The minimum atomic E-state index is 0.137. The van der Waals surface area contributed by atoms with Crippen LogP contribution in [0.2, 0.25) is 0 Å². The summed E-state index contributed by atoms with van der Waals surface area (Å²) in [6.07, 6.45) is 2.93. The van der Waals surface area contributed by atoms with Gasteiger partial charge in [0.1, 0.15) is 0 Å². The molecule has 98 valence electrons. The van der Waals surface area contributed by atoms with Crippen LogP contribution in [-0.4, -0.2) is 12.5 Å². The van der Waals surface area contributed by atoms with Crippen molar-refractivity contribution in [1.29, 1.82) is 0 Å². The Hall–Kier alpha value is -1.51. The topological polar surface area (TPSA) is 41.1 Å². The summed E-state index contributed by atoms with van der Waals surface area (Å²) < 4.78 is 0. The maximum Gasteiger partial charge on any atom is 0.220 e. The number of hydrogen-bond donors (Lipinski definition) is 2. The summed E-state index contributed by atoms with van der Waals surface area (Å²) in [5.41, 5.74) is 3.80. The second-order valence-corrected chi connectivity index (χ2v) is 5.36. The molecule has 2 N–H and O–H groups in total. The molecule has 0 saturated heterocycles. The molecule has 1 aromatic rings. The Balaban J connectivity index is 1.99. The molecule has 3 nitrogen and oxygen atoms in total. The van der Waals surface area contributed by atoms with Gasteiger partial charge in [-0.3, -0.25) is 4.79 Å². The van der Waals surface area contributed by atoms with Crippen molar-refractivity contribution < 1.29 is 4.79 Å². The van der Waals surface area contributed by atoms with Crippen LogP contribution >= 0.6 is 0 Å². The normalized spacial score (nSPS) is 13.9. The first-order chi connectivity index (χ1) is 8.66. The molecule has 0 unspecified atom stereocenters. The van der Waals surface area contributed by atoms with Crippen LogP contribution in [0.15, 0.2) is 18.2 Å². The van der Waals surface area contributed by atoms with Crippen molar-refractivity contribution in [3.63, 3.8) is 0 Å². The zero-order valence-electron chi connectivity index (χ0n) is 11.3. The molecule has 1 aromatic carbocycles. The van der Waals surface area contributed by atoms with Crippen molar-refractivity contribution in [3.05, 3.63) is 29.3 Å². The lowest BCUT2D eigenvalue weighted by atomic mass is 9.99. The molecule has 18 heavy (non-hydrogen) atoms. The van der Waals surface area contributed by atoms with E-state index < -0.39 is 0 Å². The maximum atomic E-state index is 11.7. The molecule has 0 aromatic heterocycles. The van der Waals surface area contributed by atoms with Crippen molar-refractivity contribution in [2.45, 2.75) is 39.7 Å². The molecule has 1 aliphatic heterocycles. The Morgan fingerprint density at radius 2 is 2.28 bits per heavy atom. The van der Waals surface area contributed by atoms with Crippen LogP contribution < -0.4 is 10.6 Å². The van der Waals surface area contributed by atoms with E-state index in [4.69, 9.17) is 0 Å². The first kappa shape index (κ1) is 12.9. The first-order valence-electron chi connectivity index (χ1n) is 6.78. The molecule has 0 atom stereocenters. The van der Waals surface area contributed by atoms with E-state index in [9.17, 15) is 4.79 Å². The molecule has 3 heteroatoms. The van der Waals surface area contributed by atoms with E-state index in [1.165, 1.54) is 23.2 Å². The van der Waals surface area contributed by atoms with E-state index in [0.29, 0.717) is 18.9 Å². The van der Waals surface area contributed by atoms with Gasteiger partial charge in [0.05, 0.1) is 0 Å². The highest BCUT2D eigenvalue weighted by Crippen LogP contribution is 2.25. The van der Waals surface area contributed by atoms with Gasteiger partial charge in [-0.15, -0.1) is 0 Å². The lowest BCUT2D eigenvalue weighted by molar-refractivity contribution is -0.121.